The largest absolute Gasteiger partial charge is 0.478 e. The second kappa shape index (κ2) is 5.16. The second-order valence-electron chi connectivity index (χ2n) is 3.13. The van der Waals surface area contributed by atoms with Gasteiger partial charge in [0.05, 0.1) is 5.56 Å². The average Bonchev–Trinajstić information content (AvgIpc) is 2.63. The van der Waals surface area contributed by atoms with Crippen molar-refractivity contribution in [3.63, 3.8) is 0 Å². The summed E-state index contributed by atoms with van der Waals surface area (Å²) in [5.74, 6) is -0.259. The molecule has 4 nitrogen and oxygen atoms in total. The van der Waals surface area contributed by atoms with E-state index in [-0.39, 0.29) is 5.56 Å². The van der Waals surface area contributed by atoms with Gasteiger partial charge in [-0.2, -0.15) is 4.37 Å². The van der Waals surface area contributed by atoms with Crippen LogP contribution in [0.4, 0.5) is 0 Å². The van der Waals surface area contributed by atoms with E-state index in [1.165, 1.54) is 23.3 Å². The Morgan fingerprint density at radius 2 is 2.29 bits per heavy atom. The molecule has 0 fully saturated rings. The molecule has 0 bridgehead atoms. The molecular formula is C10H7BrN2O2S2. The minimum absolute atomic E-state index is 0.255. The lowest BCUT2D eigenvalue weighted by molar-refractivity contribution is 0.0692. The van der Waals surface area contributed by atoms with Crippen molar-refractivity contribution in [1.82, 2.24) is 9.36 Å². The minimum atomic E-state index is -0.957. The number of aryl methyl sites for hydroxylation is 1. The van der Waals surface area contributed by atoms with Crippen LogP contribution in [0.5, 0.6) is 0 Å². The van der Waals surface area contributed by atoms with Gasteiger partial charge in [0.2, 0.25) is 0 Å². The first-order valence-corrected chi connectivity index (χ1v) is 6.96. The molecule has 2 rings (SSSR count). The molecule has 0 aliphatic carbocycles. The fourth-order valence-corrected chi connectivity index (χ4v) is 3.64. The third-order valence-corrected chi connectivity index (χ3v) is 4.46. The number of rotatable bonds is 3. The molecule has 0 amide bonds. The van der Waals surface area contributed by atoms with Gasteiger partial charge in [0, 0.05) is 9.37 Å². The number of carbonyl (C=O) groups is 1. The Balaban J connectivity index is 2.39. The summed E-state index contributed by atoms with van der Waals surface area (Å²) in [4.78, 5) is 16.0. The summed E-state index contributed by atoms with van der Waals surface area (Å²) in [5.41, 5.74) is 0.255. The maximum Gasteiger partial charge on any atom is 0.338 e. The quantitative estimate of drug-likeness (QED) is 0.933. The van der Waals surface area contributed by atoms with E-state index in [0.717, 1.165) is 4.34 Å². The standard InChI is InChI=1S/C10H7BrN2O2S2/c1-5-12-10(17-13-5)16-7-4-2-3-6(11)8(7)9(14)15/h2-4H,1H3,(H,14,15). The van der Waals surface area contributed by atoms with Crippen LogP contribution >= 0.6 is 39.2 Å². The average molecular weight is 331 g/mol. The zero-order chi connectivity index (χ0) is 12.4. The van der Waals surface area contributed by atoms with E-state index in [1.54, 1.807) is 25.1 Å². The SMILES string of the molecule is Cc1nsc(Sc2cccc(Br)c2C(=O)O)n1. The second-order valence-corrected chi connectivity index (χ2v) is 6.02. The van der Waals surface area contributed by atoms with Crippen LogP contribution in [0.2, 0.25) is 0 Å². The fourth-order valence-electron chi connectivity index (χ4n) is 1.21. The summed E-state index contributed by atoms with van der Waals surface area (Å²) >= 11 is 5.82. The zero-order valence-corrected chi connectivity index (χ0v) is 11.9. The number of hydrogen-bond acceptors (Lipinski definition) is 5. The Morgan fingerprint density at radius 1 is 1.53 bits per heavy atom. The van der Waals surface area contributed by atoms with E-state index in [4.69, 9.17) is 5.11 Å². The Hall–Kier alpha value is -0.920. The molecule has 1 N–H and O–H groups in total. The number of aromatic carboxylic acids is 1. The van der Waals surface area contributed by atoms with Gasteiger partial charge in [-0.25, -0.2) is 9.78 Å². The van der Waals surface area contributed by atoms with Crippen LogP contribution in [0.15, 0.2) is 31.9 Å². The Labute approximate surface area is 114 Å². The number of nitrogens with zero attached hydrogens (tertiary/aromatic N) is 2. The summed E-state index contributed by atoms with van der Waals surface area (Å²) in [6.07, 6.45) is 0. The van der Waals surface area contributed by atoms with Crippen molar-refractivity contribution in [2.24, 2.45) is 0 Å². The number of hydrogen-bond donors (Lipinski definition) is 1. The Morgan fingerprint density at radius 3 is 2.88 bits per heavy atom. The first-order chi connectivity index (χ1) is 8.08. The highest BCUT2D eigenvalue weighted by Crippen LogP contribution is 2.34. The van der Waals surface area contributed by atoms with Crippen LogP contribution in [-0.2, 0) is 0 Å². The predicted molar refractivity (Wildman–Crippen MR) is 69.9 cm³/mol. The molecule has 1 aromatic carbocycles. The molecule has 2 aromatic rings. The van der Waals surface area contributed by atoms with Crippen molar-refractivity contribution in [1.29, 1.82) is 0 Å². The maximum absolute atomic E-state index is 11.2. The van der Waals surface area contributed by atoms with Gasteiger partial charge in [0.1, 0.15) is 5.82 Å². The lowest BCUT2D eigenvalue weighted by atomic mass is 10.2. The van der Waals surface area contributed by atoms with Gasteiger partial charge in [-0.05, 0) is 46.5 Å². The molecule has 0 aliphatic heterocycles. The number of halogens is 1. The van der Waals surface area contributed by atoms with E-state index in [9.17, 15) is 4.79 Å². The summed E-state index contributed by atoms with van der Waals surface area (Å²) in [6.45, 7) is 1.81. The summed E-state index contributed by atoms with van der Waals surface area (Å²) in [7, 11) is 0. The molecule has 1 aromatic heterocycles. The van der Waals surface area contributed by atoms with Crippen molar-refractivity contribution in [3.8, 4) is 0 Å². The smallest absolute Gasteiger partial charge is 0.338 e. The molecule has 0 aliphatic rings. The van der Waals surface area contributed by atoms with Crippen LogP contribution in [-0.4, -0.2) is 20.4 Å². The molecular weight excluding hydrogens is 324 g/mol. The number of carboxylic acids is 1. The first kappa shape index (κ1) is 12.5. The third-order valence-electron chi connectivity index (χ3n) is 1.90. The highest BCUT2D eigenvalue weighted by atomic mass is 79.9. The Bertz CT molecular complexity index is 571. The topological polar surface area (TPSA) is 63.1 Å². The maximum atomic E-state index is 11.2. The van der Waals surface area contributed by atoms with Gasteiger partial charge in [0.25, 0.3) is 0 Å². The fraction of sp³-hybridized carbons (Fsp3) is 0.100. The van der Waals surface area contributed by atoms with Crippen molar-refractivity contribution in [2.45, 2.75) is 16.2 Å². The van der Waals surface area contributed by atoms with E-state index in [2.05, 4.69) is 25.3 Å². The highest BCUT2D eigenvalue weighted by Gasteiger charge is 2.16. The summed E-state index contributed by atoms with van der Waals surface area (Å²) in [5, 5.41) is 9.15. The zero-order valence-electron chi connectivity index (χ0n) is 8.68. The van der Waals surface area contributed by atoms with Crippen molar-refractivity contribution in [3.05, 3.63) is 34.1 Å². The first-order valence-electron chi connectivity index (χ1n) is 4.58. The van der Waals surface area contributed by atoms with Gasteiger partial charge in [0.15, 0.2) is 4.34 Å². The van der Waals surface area contributed by atoms with Crippen LogP contribution in [0, 0.1) is 6.92 Å². The van der Waals surface area contributed by atoms with E-state index >= 15 is 0 Å². The Kier molecular flexibility index (Phi) is 3.80. The molecule has 7 heteroatoms. The van der Waals surface area contributed by atoms with Crippen molar-refractivity contribution in [2.75, 3.05) is 0 Å². The molecule has 0 unspecified atom stereocenters. The molecule has 0 radical (unpaired) electrons. The van der Waals surface area contributed by atoms with Gasteiger partial charge in [-0.1, -0.05) is 17.8 Å². The molecule has 0 saturated carbocycles. The van der Waals surface area contributed by atoms with E-state index in [0.29, 0.717) is 15.2 Å². The molecule has 17 heavy (non-hydrogen) atoms. The molecule has 1 heterocycles. The van der Waals surface area contributed by atoms with Gasteiger partial charge in [-0.3, -0.25) is 0 Å². The highest BCUT2D eigenvalue weighted by molar-refractivity contribution is 9.10. The predicted octanol–water partition coefficient (Wildman–Crippen LogP) is 3.46. The molecule has 0 atom stereocenters. The third kappa shape index (κ3) is 2.85. The monoisotopic (exact) mass is 330 g/mol. The summed E-state index contributed by atoms with van der Waals surface area (Å²) < 4.78 is 5.37. The number of benzene rings is 1. The lowest BCUT2D eigenvalue weighted by Crippen LogP contribution is -1.99. The number of carboxylic acid groups (broad SMARTS) is 1. The van der Waals surface area contributed by atoms with Gasteiger partial charge in [-0.15, -0.1) is 0 Å². The van der Waals surface area contributed by atoms with E-state index in [1.807, 2.05) is 0 Å². The van der Waals surface area contributed by atoms with Crippen LogP contribution < -0.4 is 0 Å². The minimum Gasteiger partial charge on any atom is -0.478 e. The van der Waals surface area contributed by atoms with E-state index < -0.39 is 5.97 Å². The lowest BCUT2D eigenvalue weighted by Gasteiger charge is -2.04. The van der Waals surface area contributed by atoms with Crippen LogP contribution in [0.25, 0.3) is 0 Å². The van der Waals surface area contributed by atoms with Crippen LogP contribution in [0.3, 0.4) is 0 Å². The summed E-state index contributed by atoms with van der Waals surface area (Å²) in [6, 6.07) is 5.27. The molecule has 0 spiro atoms. The van der Waals surface area contributed by atoms with Gasteiger partial charge >= 0.3 is 5.97 Å². The number of aromatic nitrogens is 2. The van der Waals surface area contributed by atoms with Gasteiger partial charge < -0.3 is 5.11 Å². The van der Waals surface area contributed by atoms with Crippen LogP contribution in [0.1, 0.15) is 16.2 Å². The molecule has 0 saturated heterocycles. The normalized spacial score (nSPS) is 10.5. The molecule has 88 valence electrons. The van der Waals surface area contributed by atoms with Crippen molar-refractivity contribution >= 4 is 45.2 Å². The van der Waals surface area contributed by atoms with Crippen molar-refractivity contribution < 1.29 is 9.90 Å².